The van der Waals surface area contributed by atoms with Crippen molar-refractivity contribution >= 4 is 22.0 Å². The van der Waals surface area contributed by atoms with Crippen molar-refractivity contribution in [2.45, 2.75) is 19.4 Å². The third-order valence-electron chi connectivity index (χ3n) is 2.92. The normalized spacial score (nSPS) is 19.9. The lowest BCUT2D eigenvalue weighted by molar-refractivity contribution is 0.124. The van der Waals surface area contributed by atoms with Crippen molar-refractivity contribution in [1.29, 1.82) is 0 Å². The molecule has 0 bridgehead atoms. The zero-order valence-electron chi connectivity index (χ0n) is 8.40. The lowest BCUT2D eigenvalue weighted by Crippen LogP contribution is -2.37. The predicted octanol–water partition coefficient (Wildman–Crippen LogP) is 3.05. The van der Waals surface area contributed by atoms with E-state index in [1.807, 2.05) is 25.1 Å². The molecule has 1 aromatic carbocycles. The molecule has 0 radical (unpaired) electrons. The van der Waals surface area contributed by atoms with Crippen LogP contribution in [0.15, 0.2) is 22.7 Å². The van der Waals surface area contributed by atoms with E-state index in [4.69, 9.17) is 5.11 Å². The lowest BCUT2D eigenvalue weighted by atomic mass is 9.94. The molecule has 80 valence electrons. The fourth-order valence-corrected chi connectivity index (χ4v) is 2.67. The Morgan fingerprint density at radius 1 is 1.60 bits per heavy atom. The highest BCUT2D eigenvalue weighted by Gasteiger charge is 2.27. The average Bonchev–Trinajstić information content (AvgIpc) is 2.19. The Hall–Kier alpha value is -1.03. The van der Waals surface area contributed by atoms with Crippen molar-refractivity contribution in [2.75, 3.05) is 6.54 Å². The van der Waals surface area contributed by atoms with Gasteiger partial charge in [0.15, 0.2) is 0 Å². The molecule has 15 heavy (non-hydrogen) atoms. The molecule has 2 rings (SSSR count). The summed E-state index contributed by atoms with van der Waals surface area (Å²) in [6.07, 6.45) is -0.0546. The van der Waals surface area contributed by atoms with E-state index >= 15 is 0 Å². The fourth-order valence-electron chi connectivity index (χ4n) is 2.09. The second kappa shape index (κ2) is 3.85. The van der Waals surface area contributed by atoms with Crippen molar-refractivity contribution in [1.82, 2.24) is 4.90 Å². The number of hydrogen-bond donors (Lipinski definition) is 1. The number of halogens is 1. The van der Waals surface area contributed by atoms with Gasteiger partial charge in [-0.15, -0.1) is 0 Å². The first-order chi connectivity index (χ1) is 7.11. The zero-order chi connectivity index (χ0) is 11.0. The molecule has 1 aliphatic heterocycles. The number of amides is 1. The first kappa shape index (κ1) is 10.5. The number of carboxylic acid groups (broad SMARTS) is 1. The highest BCUT2D eigenvalue weighted by atomic mass is 79.9. The molecule has 1 N–H and O–H groups in total. The van der Waals surface area contributed by atoms with E-state index in [0.29, 0.717) is 6.54 Å². The topological polar surface area (TPSA) is 40.5 Å². The maximum atomic E-state index is 11.0. The van der Waals surface area contributed by atoms with Crippen molar-refractivity contribution in [3.8, 4) is 0 Å². The summed E-state index contributed by atoms with van der Waals surface area (Å²) in [6.45, 7) is 2.50. The molecule has 0 aliphatic carbocycles. The number of rotatable bonds is 0. The Kier molecular flexibility index (Phi) is 2.69. The number of hydrogen-bond acceptors (Lipinski definition) is 1. The van der Waals surface area contributed by atoms with Crippen LogP contribution in [-0.2, 0) is 6.42 Å². The van der Waals surface area contributed by atoms with Gasteiger partial charge in [-0.2, -0.15) is 0 Å². The van der Waals surface area contributed by atoms with Crippen LogP contribution in [0, 0.1) is 0 Å². The number of carbonyl (C=O) groups is 1. The minimum absolute atomic E-state index is 0.0521. The quantitative estimate of drug-likeness (QED) is 0.787. The summed E-state index contributed by atoms with van der Waals surface area (Å²) in [7, 11) is 0. The standard InChI is InChI=1S/C11H12BrNO2/c1-7-8-3-2-4-10(12)9(8)5-6-13(7)11(14)15/h2-4,7H,5-6H2,1H3,(H,14,15)/t7-/m0/s1. The molecule has 0 saturated heterocycles. The summed E-state index contributed by atoms with van der Waals surface area (Å²) >= 11 is 3.50. The first-order valence-electron chi connectivity index (χ1n) is 4.88. The molecule has 0 saturated carbocycles. The van der Waals surface area contributed by atoms with Crippen LogP contribution in [0.5, 0.6) is 0 Å². The molecule has 1 atom stereocenters. The molecule has 0 spiro atoms. The number of benzene rings is 1. The summed E-state index contributed by atoms with van der Waals surface area (Å²) < 4.78 is 1.08. The molecule has 1 amide bonds. The SMILES string of the molecule is C[C@H]1c2cccc(Br)c2CCN1C(=O)O. The smallest absolute Gasteiger partial charge is 0.407 e. The van der Waals surface area contributed by atoms with Gasteiger partial charge in [0, 0.05) is 11.0 Å². The first-order valence-corrected chi connectivity index (χ1v) is 5.67. The predicted molar refractivity (Wildman–Crippen MR) is 61.0 cm³/mol. The molecule has 0 aromatic heterocycles. The highest BCUT2D eigenvalue weighted by Crippen LogP contribution is 2.33. The van der Waals surface area contributed by atoms with Crippen molar-refractivity contribution in [2.24, 2.45) is 0 Å². The van der Waals surface area contributed by atoms with Gasteiger partial charge >= 0.3 is 6.09 Å². The minimum Gasteiger partial charge on any atom is -0.465 e. The summed E-state index contributed by atoms with van der Waals surface area (Å²) in [5.41, 5.74) is 2.35. The van der Waals surface area contributed by atoms with Gasteiger partial charge in [0.1, 0.15) is 0 Å². The molecule has 1 heterocycles. The van der Waals surface area contributed by atoms with Crippen LogP contribution in [0.25, 0.3) is 0 Å². The van der Waals surface area contributed by atoms with E-state index in [1.165, 1.54) is 10.5 Å². The molecular formula is C11H12BrNO2. The summed E-state index contributed by atoms with van der Waals surface area (Å²) in [5.74, 6) is 0. The van der Waals surface area contributed by atoms with Gasteiger partial charge in [-0.05, 0) is 30.5 Å². The van der Waals surface area contributed by atoms with Crippen LogP contribution >= 0.6 is 15.9 Å². The van der Waals surface area contributed by atoms with Gasteiger partial charge in [0.2, 0.25) is 0 Å². The van der Waals surface area contributed by atoms with Gasteiger partial charge in [0.25, 0.3) is 0 Å². The molecule has 4 heteroatoms. The van der Waals surface area contributed by atoms with E-state index in [1.54, 1.807) is 0 Å². The van der Waals surface area contributed by atoms with Gasteiger partial charge in [-0.3, -0.25) is 0 Å². The van der Waals surface area contributed by atoms with Crippen LogP contribution < -0.4 is 0 Å². The Morgan fingerprint density at radius 3 is 3.00 bits per heavy atom. The number of nitrogens with zero attached hydrogens (tertiary/aromatic N) is 1. The second-order valence-electron chi connectivity index (χ2n) is 3.71. The average molecular weight is 270 g/mol. The van der Waals surface area contributed by atoms with Crippen LogP contribution in [0.1, 0.15) is 24.1 Å². The lowest BCUT2D eigenvalue weighted by Gasteiger charge is -2.33. The zero-order valence-corrected chi connectivity index (χ0v) is 9.99. The van der Waals surface area contributed by atoms with Gasteiger partial charge < -0.3 is 10.0 Å². The summed E-state index contributed by atoms with van der Waals surface area (Å²) in [4.78, 5) is 12.5. The molecule has 1 aromatic rings. The molecule has 0 fully saturated rings. The molecular weight excluding hydrogens is 258 g/mol. The second-order valence-corrected chi connectivity index (χ2v) is 4.56. The van der Waals surface area contributed by atoms with Crippen LogP contribution in [-0.4, -0.2) is 22.6 Å². The van der Waals surface area contributed by atoms with Gasteiger partial charge in [-0.25, -0.2) is 4.79 Å². The molecule has 0 unspecified atom stereocenters. The third-order valence-corrected chi connectivity index (χ3v) is 3.66. The maximum absolute atomic E-state index is 11.0. The Morgan fingerprint density at radius 2 is 2.33 bits per heavy atom. The van der Waals surface area contributed by atoms with E-state index in [-0.39, 0.29) is 6.04 Å². The van der Waals surface area contributed by atoms with E-state index in [2.05, 4.69) is 15.9 Å². The third kappa shape index (κ3) is 1.74. The molecule has 3 nitrogen and oxygen atoms in total. The van der Waals surface area contributed by atoms with Crippen LogP contribution in [0.4, 0.5) is 4.79 Å². The highest BCUT2D eigenvalue weighted by molar-refractivity contribution is 9.10. The van der Waals surface area contributed by atoms with Gasteiger partial charge in [-0.1, -0.05) is 28.1 Å². The Bertz CT molecular complexity index is 406. The largest absolute Gasteiger partial charge is 0.465 e. The fraction of sp³-hybridized carbons (Fsp3) is 0.364. The maximum Gasteiger partial charge on any atom is 0.407 e. The van der Waals surface area contributed by atoms with E-state index in [0.717, 1.165) is 16.5 Å². The Balaban J connectivity index is 2.42. The monoisotopic (exact) mass is 269 g/mol. The minimum atomic E-state index is -0.840. The van der Waals surface area contributed by atoms with Crippen molar-refractivity contribution < 1.29 is 9.90 Å². The molecule has 1 aliphatic rings. The Labute approximate surface area is 96.8 Å². The summed E-state index contributed by atoms with van der Waals surface area (Å²) in [5, 5.41) is 9.02. The number of fused-ring (bicyclic) bond motifs is 1. The van der Waals surface area contributed by atoms with Crippen molar-refractivity contribution in [3.63, 3.8) is 0 Å². The van der Waals surface area contributed by atoms with Crippen molar-refractivity contribution in [3.05, 3.63) is 33.8 Å². The van der Waals surface area contributed by atoms with E-state index in [9.17, 15) is 4.79 Å². The summed E-state index contributed by atoms with van der Waals surface area (Å²) in [6, 6.07) is 5.90. The van der Waals surface area contributed by atoms with E-state index < -0.39 is 6.09 Å². The van der Waals surface area contributed by atoms with Crippen LogP contribution in [0.2, 0.25) is 0 Å². The van der Waals surface area contributed by atoms with Crippen LogP contribution in [0.3, 0.4) is 0 Å². The van der Waals surface area contributed by atoms with Gasteiger partial charge in [0.05, 0.1) is 6.04 Å².